The van der Waals surface area contributed by atoms with Gasteiger partial charge >= 0.3 is 5.97 Å². The molecule has 2 aromatic heterocycles. The number of ether oxygens (including phenoxy) is 1. The molecule has 8 nitrogen and oxygen atoms in total. The molecule has 20 heavy (non-hydrogen) atoms. The van der Waals surface area contributed by atoms with Gasteiger partial charge < -0.3 is 10.1 Å². The van der Waals surface area contributed by atoms with Crippen molar-refractivity contribution in [1.29, 1.82) is 0 Å². The van der Waals surface area contributed by atoms with Crippen LogP contribution in [0.3, 0.4) is 0 Å². The molecule has 0 unspecified atom stereocenters. The van der Waals surface area contributed by atoms with Gasteiger partial charge in [0.15, 0.2) is 0 Å². The quantitative estimate of drug-likeness (QED) is 0.797. The van der Waals surface area contributed by atoms with Crippen molar-refractivity contribution in [2.24, 2.45) is 0 Å². The van der Waals surface area contributed by atoms with E-state index in [-0.39, 0.29) is 0 Å². The Balaban J connectivity index is 2.19. The molecule has 1 aliphatic rings. The van der Waals surface area contributed by atoms with Crippen molar-refractivity contribution >= 4 is 11.9 Å². The van der Waals surface area contributed by atoms with Crippen LogP contribution in [0.2, 0.25) is 0 Å². The molecule has 0 saturated carbocycles. The van der Waals surface area contributed by atoms with E-state index in [0.717, 1.165) is 5.56 Å². The number of tetrazole rings is 1. The molecule has 0 radical (unpaired) electrons. The highest BCUT2D eigenvalue weighted by Gasteiger charge is 2.34. The lowest BCUT2D eigenvalue weighted by Crippen LogP contribution is -2.29. The van der Waals surface area contributed by atoms with Crippen LogP contribution in [0.1, 0.15) is 18.5 Å². The first-order valence-corrected chi connectivity index (χ1v) is 5.96. The Bertz CT molecular complexity index is 678. The standard InChI is InChI=1S/C12H12N6O2/c1-7-9(11(19)20-2)10(8-4-3-5-13-6-8)18-12(14-7)15-16-17-18/h3-6,10H,1-2H3,(H,14,15,17)/t10-/m1/s1. The molecule has 0 aromatic carbocycles. The summed E-state index contributed by atoms with van der Waals surface area (Å²) in [4.78, 5) is 16.2. The van der Waals surface area contributed by atoms with Crippen LogP contribution in [0.25, 0.3) is 0 Å². The van der Waals surface area contributed by atoms with E-state index in [2.05, 4.69) is 25.8 Å². The van der Waals surface area contributed by atoms with E-state index < -0.39 is 12.0 Å². The fourth-order valence-corrected chi connectivity index (χ4v) is 2.23. The van der Waals surface area contributed by atoms with Crippen LogP contribution in [0.5, 0.6) is 0 Å². The Hall–Kier alpha value is -2.77. The molecule has 0 bridgehead atoms. The zero-order valence-electron chi connectivity index (χ0n) is 10.9. The van der Waals surface area contributed by atoms with Crippen LogP contribution >= 0.6 is 0 Å². The molecule has 3 heterocycles. The molecule has 3 rings (SSSR count). The number of esters is 1. The largest absolute Gasteiger partial charge is 0.466 e. The molecule has 0 aliphatic carbocycles. The van der Waals surface area contributed by atoms with E-state index >= 15 is 0 Å². The van der Waals surface area contributed by atoms with Gasteiger partial charge in [-0.15, -0.1) is 0 Å². The minimum atomic E-state index is -0.456. The maximum absolute atomic E-state index is 12.1. The molecule has 1 aliphatic heterocycles. The third-order valence-corrected chi connectivity index (χ3v) is 3.12. The van der Waals surface area contributed by atoms with Crippen molar-refractivity contribution in [3.63, 3.8) is 0 Å². The van der Waals surface area contributed by atoms with Gasteiger partial charge in [-0.05, 0) is 29.0 Å². The number of carbonyl (C=O) groups excluding carboxylic acids is 1. The van der Waals surface area contributed by atoms with Gasteiger partial charge in [0.25, 0.3) is 0 Å². The fraction of sp³-hybridized carbons (Fsp3) is 0.250. The summed E-state index contributed by atoms with van der Waals surface area (Å²) in [5.74, 6) is 0.0500. The first kappa shape index (κ1) is 12.3. The Labute approximate surface area is 114 Å². The number of hydrogen-bond donors (Lipinski definition) is 1. The maximum atomic E-state index is 12.1. The van der Waals surface area contributed by atoms with E-state index in [1.165, 1.54) is 11.8 Å². The number of nitrogens with one attached hydrogen (secondary N) is 1. The zero-order chi connectivity index (χ0) is 14.1. The van der Waals surface area contributed by atoms with Crippen molar-refractivity contribution in [3.05, 3.63) is 41.4 Å². The number of carbonyl (C=O) groups is 1. The SMILES string of the molecule is COC(=O)C1=C(C)Nc2nnnn2[C@@H]1c1cccnc1. The van der Waals surface area contributed by atoms with Crippen molar-refractivity contribution in [1.82, 2.24) is 25.2 Å². The van der Waals surface area contributed by atoms with Gasteiger partial charge in [-0.1, -0.05) is 11.2 Å². The first-order valence-electron chi connectivity index (χ1n) is 5.96. The van der Waals surface area contributed by atoms with Gasteiger partial charge in [0.1, 0.15) is 6.04 Å². The summed E-state index contributed by atoms with van der Waals surface area (Å²) in [6.07, 6.45) is 3.34. The molecular weight excluding hydrogens is 260 g/mol. The molecule has 102 valence electrons. The van der Waals surface area contributed by atoms with E-state index in [0.29, 0.717) is 17.2 Å². The van der Waals surface area contributed by atoms with Crippen molar-refractivity contribution in [3.8, 4) is 0 Å². The highest BCUT2D eigenvalue weighted by atomic mass is 16.5. The van der Waals surface area contributed by atoms with Crippen LogP contribution < -0.4 is 5.32 Å². The highest BCUT2D eigenvalue weighted by molar-refractivity contribution is 5.92. The highest BCUT2D eigenvalue weighted by Crippen LogP contribution is 2.34. The number of rotatable bonds is 2. The van der Waals surface area contributed by atoms with Crippen LogP contribution in [0.15, 0.2) is 35.8 Å². The molecule has 0 amide bonds. The number of anilines is 1. The summed E-state index contributed by atoms with van der Waals surface area (Å²) < 4.78 is 6.40. The van der Waals surface area contributed by atoms with Gasteiger partial charge in [0.05, 0.1) is 12.7 Å². The maximum Gasteiger partial charge on any atom is 0.338 e. The van der Waals surface area contributed by atoms with Crippen molar-refractivity contribution in [2.45, 2.75) is 13.0 Å². The molecular formula is C12H12N6O2. The predicted octanol–water partition coefficient (Wildman–Crippen LogP) is 0.530. The molecule has 1 N–H and O–H groups in total. The minimum absolute atomic E-state index is 0.426. The second-order valence-electron chi connectivity index (χ2n) is 4.29. The first-order chi connectivity index (χ1) is 9.72. The van der Waals surface area contributed by atoms with Gasteiger partial charge in [0.2, 0.25) is 5.95 Å². The Morgan fingerprint density at radius 1 is 1.50 bits per heavy atom. The summed E-state index contributed by atoms with van der Waals surface area (Å²) >= 11 is 0. The fourth-order valence-electron chi connectivity index (χ4n) is 2.23. The average Bonchev–Trinajstić information content (AvgIpc) is 2.93. The average molecular weight is 272 g/mol. The number of methoxy groups -OCH3 is 1. The normalized spacial score (nSPS) is 17.4. The number of allylic oxidation sites excluding steroid dienone is 1. The third kappa shape index (κ3) is 1.81. The second kappa shape index (κ2) is 4.72. The third-order valence-electron chi connectivity index (χ3n) is 3.12. The van der Waals surface area contributed by atoms with Gasteiger partial charge in [-0.25, -0.2) is 4.79 Å². The molecule has 0 saturated heterocycles. The summed E-state index contributed by atoms with van der Waals surface area (Å²) in [6.45, 7) is 1.79. The summed E-state index contributed by atoms with van der Waals surface area (Å²) in [7, 11) is 1.35. The summed E-state index contributed by atoms with van der Waals surface area (Å²) in [6, 6.07) is 3.21. The summed E-state index contributed by atoms with van der Waals surface area (Å²) in [5, 5.41) is 14.5. The molecule has 2 aromatic rings. The zero-order valence-corrected chi connectivity index (χ0v) is 10.9. The topological polar surface area (TPSA) is 94.8 Å². The van der Waals surface area contributed by atoms with E-state index in [9.17, 15) is 4.79 Å². The van der Waals surface area contributed by atoms with Crippen LogP contribution in [0, 0.1) is 0 Å². The molecule has 0 spiro atoms. The number of aromatic nitrogens is 5. The molecule has 0 fully saturated rings. The monoisotopic (exact) mass is 272 g/mol. The number of hydrogen-bond acceptors (Lipinski definition) is 7. The number of fused-ring (bicyclic) bond motifs is 1. The van der Waals surface area contributed by atoms with E-state index in [1.807, 2.05) is 6.07 Å². The van der Waals surface area contributed by atoms with Crippen LogP contribution in [-0.2, 0) is 9.53 Å². The second-order valence-corrected chi connectivity index (χ2v) is 4.29. The number of pyridine rings is 1. The van der Waals surface area contributed by atoms with E-state index in [1.54, 1.807) is 25.4 Å². The van der Waals surface area contributed by atoms with Crippen molar-refractivity contribution < 1.29 is 9.53 Å². The minimum Gasteiger partial charge on any atom is -0.466 e. The molecule has 8 heteroatoms. The Morgan fingerprint density at radius 2 is 2.35 bits per heavy atom. The molecule has 1 atom stereocenters. The van der Waals surface area contributed by atoms with Gasteiger partial charge in [0, 0.05) is 18.1 Å². The van der Waals surface area contributed by atoms with Gasteiger partial charge in [-0.3, -0.25) is 4.98 Å². The lowest BCUT2D eigenvalue weighted by Gasteiger charge is -2.26. The van der Waals surface area contributed by atoms with Crippen molar-refractivity contribution in [2.75, 3.05) is 12.4 Å². The predicted molar refractivity (Wildman–Crippen MR) is 68.5 cm³/mol. The van der Waals surface area contributed by atoms with Gasteiger partial charge in [-0.2, -0.15) is 4.68 Å². The lowest BCUT2D eigenvalue weighted by molar-refractivity contribution is -0.136. The lowest BCUT2D eigenvalue weighted by atomic mass is 9.97. The Kier molecular flexibility index (Phi) is 2.90. The smallest absolute Gasteiger partial charge is 0.338 e. The van der Waals surface area contributed by atoms with E-state index in [4.69, 9.17) is 4.74 Å². The Morgan fingerprint density at radius 3 is 3.05 bits per heavy atom. The number of nitrogens with zero attached hydrogens (tertiary/aromatic N) is 5. The van der Waals surface area contributed by atoms with Crippen LogP contribution in [-0.4, -0.2) is 38.3 Å². The summed E-state index contributed by atoms with van der Waals surface area (Å²) in [5.41, 5.74) is 1.93. The van der Waals surface area contributed by atoms with Crippen LogP contribution in [0.4, 0.5) is 5.95 Å².